The zero-order valence-electron chi connectivity index (χ0n) is 29.0. The number of nitrogens with zero attached hydrogens (tertiary/aromatic N) is 2. The van der Waals surface area contributed by atoms with E-state index in [1.807, 2.05) is 36.5 Å². The molecule has 2 aliphatic carbocycles. The van der Waals surface area contributed by atoms with Crippen LogP contribution in [0.2, 0.25) is 5.02 Å². The lowest BCUT2D eigenvalue weighted by Gasteiger charge is -2.22. The van der Waals surface area contributed by atoms with E-state index in [1.165, 1.54) is 23.5 Å². The number of aliphatic hydroxyl groups is 4. The van der Waals surface area contributed by atoms with Crippen molar-refractivity contribution in [3.63, 3.8) is 0 Å². The molecule has 2 amide bonds. The Morgan fingerprint density at radius 1 is 1.06 bits per heavy atom. The van der Waals surface area contributed by atoms with Crippen LogP contribution < -0.4 is 15.4 Å². The maximum atomic E-state index is 13.4. The number of amides is 2. The minimum Gasteiger partial charge on any atom is -0.490 e. The molecule has 284 valence electrons. The Hall–Kier alpha value is -3.38. The van der Waals surface area contributed by atoms with Crippen molar-refractivity contribution in [3.05, 3.63) is 77.1 Å². The van der Waals surface area contributed by atoms with E-state index >= 15 is 0 Å². The highest BCUT2D eigenvalue weighted by Gasteiger charge is 2.48. The number of hydrogen-bond donors (Lipinski definition) is 6. The van der Waals surface area contributed by atoms with E-state index in [0.717, 1.165) is 48.1 Å². The van der Waals surface area contributed by atoms with Crippen LogP contribution in [0.3, 0.4) is 0 Å². The molecule has 0 bridgehead atoms. The van der Waals surface area contributed by atoms with Gasteiger partial charge in [0, 0.05) is 61.8 Å². The fraction of sp³-hybridized carbons (Fsp3) is 0.500. The molecular weight excluding hydrogens is 716 g/mol. The molecule has 0 saturated heterocycles. The van der Waals surface area contributed by atoms with Crippen molar-refractivity contribution in [2.75, 3.05) is 46.5 Å². The molecule has 6 N–H and O–H groups in total. The third kappa shape index (κ3) is 10.4. The number of nitrogens with one attached hydrogen (secondary N) is 2. The van der Waals surface area contributed by atoms with Gasteiger partial charge in [0.2, 0.25) is 10.0 Å². The molecule has 2 aliphatic rings. The van der Waals surface area contributed by atoms with Gasteiger partial charge in [0.25, 0.3) is 0 Å². The topological polar surface area (TPSA) is 200 Å². The van der Waals surface area contributed by atoms with Crippen molar-refractivity contribution >= 4 is 27.7 Å². The summed E-state index contributed by atoms with van der Waals surface area (Å²) >= 11 is 6.54. The summed E-state index contributed by atoms with van der Waals surface area (Å²) in [6, 6.07) is 13.8. The lowest BCUT2D eigenvalue weighted by atomic mass is 9.96. The number of para-hydroxylation sites is 1. The Bertz CT molecular complexity index is 1760. The zero-order chi connectivity index (χ0) is 37.3. The third-order valence-electron chi connectivity index (χ3n) is 9.01. The van der Waals surface area contributed by atoms with Crippen molar-refractivity contribution in [3.8, 4) is 16.9 Å². The number of aliphatic hydroxyl groups excluding tert-OH is 4. The predicted octanol–water partition coefficient (Wildman–Crippen LogP) is 2.55. The van der Waals surface area contributed by atoms with Gasteiger partial charge in [-0.3, -0.25) is 4.98 Å². The normalized spacial score (nSPS) is 17.0. The highest BCUT2D eigenvalue weighted by Crippen LogP contribution is 2.53. The number of ether oxygens (including phenoxy) is 3. The summed E-state index contributed by atoms with van der Waals surface area (Å²) in [4.78, 5) is 16.4. The molecule has 2 aromatic carbocycles. The van der Waals surface area contributed by atoms with Gasteiger partial charge in [-0.25, -0.2) is 13.2 Å². The molecule has 52 heavy (non-hydrogen) atoms. The quantitative estimate of drug-likeness (QED) is 0.0872. The standard InChI is InChI=1S/C36H47ClN4O10S/c1-41(16-19-49-18-15-39-35(46)40-22-32(44)34(45)31(43)11-17-42)52(47,48)26-8-9-30(37)24(20-26)23-50-36(12-13-36)29-21-38-14-10-27(29)28-4-2-3-5-33(28)51-25-6-7-25/h2-5,8-10,14,20-21,25,31-32,34,42-45H,6-7,11-13,15-19,22-23H2,1H3,(H2,39,40,46)/t31-,32+,34+/m0/s1. The van der Waals surface area contributed by atoms with Crippen molar-refractivity contribution in [2.45, 2.75) is 73.6 Å². The van der Waals surface area contributed by atoms with Crippen molar-refractivity contribution in [1.29, 1.82) is 0 Å². The van der Waals surface area contributed by atoms with Crippen LogP contribution in [0.25, 0.3) is 11.1 Å². The van der Waals surface area contributed by atoms with Crippen molar-refractivity contribution in [2.24, 2.45) is 0 Å². The van der Waals surface area contributed by atoms with Crippen molar-refractivity contribution < 1.29 is 47.8 Å². The van der Waals surface area contributed by atoms with Gasteiger partial charge < -0.3 is 45.3 Å². The maximum absolute atomic E-state index is 13.4. The first-order valence-corrected chi connectivity index (χ1v) is 19.1. The minimum absolute atomic E-state index is 0.0437. The third-order valence-corrected chi connectivity index (χ3v) is 11.2. The zero-order valence-corrected chi connectivity index (χ0v) is 30.6. The summed E-state index contributed by atoms with van der Waals surface area (Å²) in [7, 11) is -2.46. The number of rotatable bonds is 21. The molecule has 3 atom stereocenters. The summed E-state index contributed by atoms with van der Waals surface area (Å²) in [6.07, 6.45) is 3.08. The number of carbonyl (C=O) groups excluding carboxylic acids is 1. The number of hydrogen-bond acceptors (Lipinski definition) is 11. The molecule has 0 radical (unpaired) electrons. The Labute approximate surface area is 308 Å². The Morgan fingerprint density at radius 2 is 1.83 bits per heavy atom. The fourth-order valence-electron chi connectivity index (χ4n) is 5.56. The predicted molar refractivity (Wildman–Crippen MR) is 192 cm³/mol. The molecule has 0 spiro atoms. The molecule has 0 unspecified atom stereocenters. The summed E-state index contributed by atoms with van der Waals surface area (Å²) in [5.74, 6) is 0.826. The number of pyridine rings is 1. The van der Waals surface area contributed by atoms with Crippen LogP contribution in [-0.4, -0.2) is 115 Å². The molecular formula is C36H47ClN4O10S. The first-order chi connectivity index (χ1) is 24.9. The van der Waals surface area contributed by atoms with Crippen LogP contribution >= 0.6 is 11.6 Å². The molecule has 14 nitrogen and oxygen atoms in total. The molecule has 3 aromatic rings. The minimum atomic E-state index is -3.90. The number of benzene rings is 2. The van der Waals surface area contributed by atoms with Crippen LogP contribution in [0.15, 0.2) is 65.8 Å². The molecule has 2 fully saturated rings. The van der Waals surface area contributed by atoms with E-state index in [9.17, 15) is 28.5 Å². The summed E-state index contributed by atoms with van der Waals surface area (Å²) in [6.45, 7) is -0.310. The number of aromatic nitrogens is 1. The van der Waals surface area contributed by atoms with Crippen molar-refractivity contribution in [1.82, 2.24) is 19.9 Å². The molecule has 1 heterocycles. The first kappa shape index (κ1) is 39.8. The number of likely N-dealkylation sites (N-methyl/N-ethyl adjacent to an activating group) is 1. The van der Waals surface area contributed by atoms with Gasteiger partial charge in [-0.15, -0.1) is 0 Å². The van der Waals surface area contributed by atoms with Gasteiger partial charge in [0.15, 0.2) is 0 Å². The molecule has 0 aliphatic heterocycles. The summed E-state index contributed by atoms with van der Waals surface area (Å²) < 4.78 is 46.3. The van der Waals surface area contributed by atoms with Gasteiger partial charge in [-0.1, -0.05) is 29.8 Å². The van der Waals surface area contributed by atoms with Gasteiger partial charge in [-0.2, -0.15) is 4.31 Å². The smallest absolute Gasteiger partial charge is 0.314 e. The van der Waals surface area contributed by atoms with E-state index in [0.29, 0.717) is 10.6 Å². The monoisotopic (exact) mass is 762 g/mol. The highest BCUT2D eigenvalue weighted by atomic mass is 35.5. The van der Waals surface area contributed by atoms with Gasteiger partial charge in [0.1, 0.15) is 11.9 Å². The SMILES string of the molecule is CN(CCOCCNC(=O)NC[C@@H](O)[C@H](O)[C@@H](O)CCO)S(=O)(=O)c1ccc(Cl)c(COC2(c3cnccc3-c3ccccc3OC3CC3)CC2)c1. The summed E-state index contributed by atoms with van der Waals surface area (Å²) in [5.41, 5.74) is 2.85. The fourth-order valence-corrected chi connectivity index (χ4v) is 6.94. The Balaban J connectivity index is 1.10. The Kier molecular flexibility index (Phi) is 13.9. The van der Waals surface area contributed by atoms with Gasteiger partial charge in [0.05, 0.1) is 48.6 Å². The van der Waals surface area contributed by atoms with E-state index in [1.54, 1.807) is 12.3 Å². The van der Waals surface area contributed by atoms with Crippen LogP contribution in [0, 0.1) is 0 Å². The number of sulfonamides is 1. The highest BCUT2D eigenvalue weighted by molar-refractivity contribution is 7.89. The Morgan fingerprint density at radius 3 is 2.56 bits per heavy atom. The van der Waals surface area contributed by atoms with Gasteiger partial charge in [-0.05, 0) is 73.6 Å². The second-order valence-electron chi connectivity index (χ2n) is 13.0. The van der Waals surface area contributed by atoms with Gasteiger partial charge >= 0.3 is 6.03 Å². The second kappa shape index (κ2) is 18.1. The number of carbonyl (C=O) groups is 1. The molecule has 5 rings (SSSR count). The van der Waals surface area contributed by atoms with E-state index in [2.05, 4.69) is 15.6 Å². The molecule has 1 aromatic heterocycles. The van der Waals surface area contributed by atoms with Crippen LogP contribution in [0.5, 0.6) is 5.75 Å². The van der Waals surface area contributed by atoms with E-state index in [4.69, 9.17) is 30.9 Å². The molecule has 2 saturated carbocycles. The van der Waals surface area contributed by atoms with Crippen LogP contribution in [-0.2, 0) is 31.7 Å². The average molecular weight is 763 g/mol. The molecule has 16 heteroatoms. The lowest BCUT2D eigenvalue weighted by Crippen LogP contribution is -2.47. The largest absolute Gasteiger partial charge is 0.490 e. The van der Waals surface area contributed by atoms with Crippen LogP contribution in [0.1, 0.15) is 43.2 Å². The second-order valence-corrected chi connectivity index (χ2v) is 15.4. The summed E-state index contributed by atoms with van der Waals surface area (Å²) in [5, 5.41) is 43.4. The van der Waals surface area contributed by atoms with E-state index < -0.39 is 40.0 Å². The number of urea groups is 1. The first-order valence-electron chi connectivity index (χ1n) is 17.3. The van der Waals surface area contributed by atoms with Crippen LogP contribution in [0.4, 0.5) is 4.79 Å². The lowest BCUT2D eigenvalue weighted by molar-refractivity contribution is -0.0635. The number of halogens is 1. The van der Waals surface area contributed by atoms with E-state index in [-0.39, 0.29) is 63.5 Å². The average Bonchev–Trinajstić information content (AvgIpc) is 4.09. The maximum Gasteiger partial charge on any atom is 0.314 e.